The molecule has 0 unspecified atom stereocenters. The molecule has 0 fully saturated rings. The zero-order chi connectivity index (χ0) is 16.1. The number of rotatable bonds is 4. The molecule has 3 rings (SSSR count). The minimum atomic E-state index is -0.552. The summed E-state index contributed by atoms with van der Waals surface area (Å²) >= 11 is 1.60. The average molecular weight is 322 g/mol. The van der Waals surface area contributed by atoms with Gasteiger partial charge in [0, 0.05) is 22.6 Å². The molecule has 0 spiro atoms. The second kappa shape index (κ2) is 7.09. The summed E-state index contributed by atoms with van der Waals surface area (Å²) < 4.78 is 0. The van der Waals surface area contributed by atoms with Crippen molar-refractivity contribution in [3.63, 3.8) is 0 Å². The molecule has 4 nitrogen and oxygen atoms in total. The van der Waals surface area contributed by atoms with E-state index in [1.165, 1.54) is 11.5 Å². The molecule has 0 saturated carbocycles. The highest BCUT2D eigenvalue weighted by Gasteiger charge is 2.04. The van der Waals surface area contributed by atoms with Gasteiger partial charge >= 0.3 is 0 Å². The van der Waals surface area contributed by atoms with Crippen molar-refractivity contribution in [3.8, 4) is 0 Å². The van der Waals surface area contributed by atoms with E-state index in [4.69, 9.17) is 5.21 Å². The van der Waals surface area contributed by atoms with Crippen LogP contribution in [-0.2, 0) is 4.79 Å². The van der Waals surface area contributed by atoms with Crippen molar-refractivity contribution in [1.29, 1.82) is 0 Å². The van der Waals surface area contributed by atoms with Crippen molar-refractivity contribution in [2.24, 2.45) is 0 Å². The van der Waals surface area contributed by atoms with Gasteiger partial charge in [-0.3, -0.25) is 10.0 Å². The first-order valence-corrected chi connectivity index (χ1v) is 7.82. The lowest BCUT2D eigenvalue weighted by Gasteiger charge is -2.05. The molecule has 23 heavy (non-hydrogen) atoms. The molecule has 0 atom stereocenters. The van der Waals surface area contributed by atoms with Crippen LogP contribution in [0.15, 0.2) is 76.8 Å². The van der Waals surface area contributed by atoms with Crippen LogP contribution in [0.3, 0.4) is 0 Å². The molecule has 0 radical (unpaired) electrons. The number of amides is 1. The fourth-order valence-corrected chi connectivity index (χ4v) is 3.05. The fourth-order valence-electron chi connectivity index (χ4n) is 2.14. The SMILES string of the molecule is O=C(/C=C/c1ccc(Sc2nccc3ccccc23)cc1)NO. The van der Waals surface area contributed by atoms with Crippen LogP contribution in [0.5, 0.6) is 0 Å². The molecule has 1 aromatic heterocycles. The number of benzene rings is 2. The first-order valence-electron chi connectivity index (χ1n) is 7.00. The Morgan fingerprint density at radius 1 is 1.09 bits per heavy atom. The summed E-state index contributed by atoms with van der Waals surface area (Å²) in [7, 11) is 0. The third kappa shape index (κ3) is 3.77. The van der Waals surface area contributed by atoms with Crippen LogP contribution in [0.1, 0.15) is 5.56 Å². The third-order valence-corrected chi connectivity index (χ3v) is 4.30. The number of hydrogen-bond acceptors (Lipinski definition) is 4. The molecule has 2 N–H and O–H groups in total. The number of carbonyl (C=O) groups excluding carboxylic acids is 1. The van der Waals surface area contributed by atoms with Gasteiger partial charge in [0.05, 0.1) is 0 Å². The molecule has 0 aliphatic rings. The summed E-state index contributed by atoms with van der Waals surface area (Å²) in [5.74, 6) is -0.552. The van der Waals surface area contributed by atoms with E-state index in [0.29, 0.717) is 0 Å². The number of hydrogen-bond donors (Lipinski definition) is 2. The molecule has 0 aliphatic heterocycles. The van der Waals surface area contributed by atoms with Crippen molar-refractivity contribution in [3.05, 3.63) is 72.4 Å². The average Bonchev–Trinajstić information content (AvgIpc) is 2.61. The monoisotopic (exact) mass is 322 g/mol. The minimum Gasteiger partial charge on any atom is -0.288 e. The van der Waals surface area contributed by atoms with Gasteiger partial charge in [-0.25, -0.2) is 10.5 Å². The molecule has 1 amide bonds. The van der Waals surface area contributed by atoms with Crippen molar-refractivity contribution < 1.29 is 10.0 Å². The Bertz CT molecular complexity index is 855. The highest BCUT2D eigenvalue weighted by molar-refractivity contribution is 7.99. The summed E-state index contributed by atoms with van der Waals surface area (Å²) in [6, 6.07) is 17.9. The lowest BCUT2D eigenvalue weighted by Crippen LogP contribution is -2.14. The van der Waals surface area contributed by atoms with Gasteiger partial charge in [-0.05, 0) is 35.2 Å². The molecular formula is C18H14N2O2S. The maximum atomic E-state index is 11.0. The quantitative estimate of drug-likeness (QED) is 0.434. The van der Waals surface area contributed by atoms with E-state index in [-0.39, 0.29) is 0 Å². The van der Waals surface area contributed by atoms with E-state index in [0.717, 1.165) is 20.9 Å². The van der Waals surface area contributed by atoms with E-state index >= 15 is 0 Å². The maximum absolute atomic E-state index is 11.0. The molecule has 0 bridgehead atoms. The second-order valence-electron chi connectivity index (χ2n) is 4.82. The molecule has 5 heteroatoms. The van der Waals surface area contributed by atoms with Gasteiger partial charge in [0.2, 0.25) is 0 Å². The van der Waals surface area contributed by atoms with Crippen molar-refractivity contribution >= 4 is 34.5 Å². The summed E-state index contributed by atoms with van der Waals surface area (Å²) in [5, 5.41) is 11.7. The van der Waals surface area contributed by atoms with Gasteiger partial charge in [0.1, 0.15) is 5.03 Å². The number of pyridine rings is 1. The Morgan fingerprint density at radius 3 is 2.65 bits per heavy atom. The van der Waals surface area contributed by atoms with E-state index in [1.54, 1.807) is 23.3 Å². The van der Waals surface area contributed by atoms with Crippen LogP contribution >= 0.6 is 11.8 Å². The van der Waals surface area contributed by atoms with Crippen LogP contribution in [-0.4, -0.2) is 16.1 Å². The van der Waals surface area contributed by atoms with Crippen LogP contribution in [0.4, 0.5) is 0 Å². The first-order chi connectivity index (χ1) is 11.3. The smallest absolute Gasteiger partial charge is 0.267 e. The minimum absolute atomic E-state index is 0.552. The molecule has 0 aliphatic carbocycles. The highest BCUT2D eigenvalue weighted by atomic mass is 32.2. The van der Waals surface area contributed by atoms with Crippen LogP contribution in [0.2, 0.25) is 0 Å². The standard InChI is InChI=1S/C18H14N2O2S/c21-17(20-22)10-7-13-5-8-15(9-6-13)23-18-16-4-2-1-3-14(16)11-12-19-18/h1-12,22H,(H,20,21)/b10-7+. The maximum Gasteiger partial charge on any atom is 0.267 e. The lowest BCUT2D eigenvalue weighted by atomic mass is 10.2. The Morgan fingerprint density at radius 2 is 1.87 bits per heavy atom. The zero-order valence-electron chi connectivity index (χ0n) is 12.1. The van der Waals surface area contributed by atoms with Crippen LogP contribution in [0, 0.1) is 0 Å². The van der Waals surface area contributed by atoms with E-state index in [9.17, 15) is 4.79 Å². The van der Waals surface area contributed by atoms with Gasteiger partial charge in [0.15, 0.2) is 0 Å². The third-order valence-electron chi connectivity index (χ3n) is 3.27. The van der Waals surface area contributed by atoms with Gasteiger partial charge < -0.3 is 0 Å². The zero-order valence-corrected chi connectivity index (χ0v) is 13.0. The number of fused-ring (bicyclic) bond motifs is 1. The Balaban J connectivity index is 1.80. The Kier molecular flexibility index (Phi) is 4.71. The summed E-state index contributed by atoms with van der Waals surface area (Å²) in [4.78, 5) is 16.5. The van der Waals surface area contributed by atoms with E-state index in [2.05, 4.69) is 17.1 Å². The van der Waals surface area contributed by atoms with Crippen molar-refractivity contribution in [1.82, 2.24) is 10.5 Å². The fraction of sp³-hybridized carbons (Fsp3) is 0. The number of hydroxylamine groups is 1. The molecule has 3 aromatic rings. The van der Waals surface area contributed by atoms with Crippen molar-refractivity contribution in [2.75, 3.05) is 0 Å². The normalized spacial score (nSPS) is 11.0. The molecule has 2 aromatic carbocycles. The summed E-state index contributed by atoms with van der Waals surface area (Å²) in [6.07, 6.45) is 4.72. The molecule has 1 heterocycles. The Hall–Kier alpha value is -2.63. The van der Waals surface area contributed by atoms with Gasteiger partial charge in [-0.15, -0.1) is 0 Å². The van der Waals surface area contributed by atoms with Crippen LogP contribution in [0.25, 0.3) is 16.8 Å². The van der Waals surface area contributed by atoms with Gasteiger partial charge in [-0.1, -0.05) is 48.2 Å². The number of nitrogens with zero attached hydrogens (tertiary/aromatic N) is 1. The van der Waals surface area contributed by atoms with Crippen LogP contribution < -0.4 is 5.48 Å². The van der Waals surface area contributed by atoms with Gasteiger partial charge in [0.25, 0.3) is 5.91 Å². The highest BCUT2D eigenvalue weighted by Crippen LogP contribution is 2.31. The second-order valence-corrected chi connectivity index (χ2v) is 5.88. The predicted molar refractivity (Wildman–Crippen MR) is 91.3 cm³/mol. The molecular weight excluding hydrogens is 308 g/mol. The molecule has 0 saturated heterocycles. The van der Waals surface area contributed by atoms with E-state index < -0.39 is 5.91 Å². The van der Waals surface area contributed by atoms with E-state index in [1.807, 2.05) is 48.7 Å². The Labute approximate surface area is 137 Å². The van der Waals surface area contributed by atoms with Gasteiger partial charge in [-0.2, -0.15) is 0 Å². The largest absolute Gasteiger partial charge is 0.288 e. The molecule has 114 valence electrons. The topological polar surface area (TPSA) is 62.2 Å². The predicted octanol–water partition coefficient (Wildman–Crippen LogP) is 3.90. The summed E-state index contributed by atoms with van der Waals surface area (Å²) in [5.41, 5.74) is 2.44. The number of aromatic nitrogens is 1. The number of carbonyl (C=O) groups is 1. The summed E-state index contributed by atoms with van der Waals surface area (Å²) in [6.45, 7) is 0. The van der Waals surface area contributed by atoms with Crippen molar-refractivity contribution in [2.45, 2.75) is 9.92 Å². The first kappa shape index (κ1) is 15.3. The lowest BCUT2D eigenvalue weighted by molar-refractivity contribution is -0.124. The number of nitrogens with one attached hydrogen (secondary N) is 1.